The van der Waals surface area contributed by atoms with E-state index in [1.54, 1.807) is 23.3 Å². The van der Waals surface area contributed by atoms with Gasteiger partial charge < -0.3 is 10.0 Å². The molecule has 0 spiro atoms. The molecular weight excluding hydrogens is 252 g/mol. The average molecular weight is 270 g/mol. The summed E-state index contributed by atoms with van der Waals surface area (Å²) in [7, 11) is 1.68. The highest BCUT2D eigenvalue weighted by Gasteiger charge is 2.21. The highest BCUT2D eigenvalue weighted by molar-refractivity contribution is 7.11. The van der Waals surface area contributed by atoms with Crippen LogP contribution in [0.1, 0.15) is 41.4 Å². The Morgan fingerprint density at radius 2 is 2.00 bits per heavy atom. The maximum atomic E-state index is 11.8. The molecule has 1 amide bonds. The smallest absolute Gasteiger partial charge is 0.303 e. The molecule has 0 fully saturated rings. The molecule has 1 N–H and O–H groups in total. The predicted octanol–water partition coefficient (Wildman–Crippen LogP) is 2.14. The molecule has 1 atom stereocenters. The monoisotopic (exact) mass is 270 g/mol. The van der Waals surface area contributed by atoms with Gasteiger partial charge in [0.25, 0.3) is 0 Å². The Bertz CT molecular complexity index is 456. The maximum absolute atomic E-state index is 11.8. The van der Waals surface area contributed by atoms with Crippen molar-refractivity contribution < 1.29 is 14.7 Å². The molecule has 0 radical (unpaired) electrons. The van der Waals surface area contributed by atoms with E-state index in [9.17, 15) is 9.59 Å². The van der Waals surface area contributed by atoms with Crippen LogP contribution in [-0.4, -0.2) is 33.9 Å². The lowest BCUT2D eigenvalue weighted by atomic mass is 10.1. The van der Waals surface area contributed by atoms with Crippen molar-refractivity contribution in [3.8, 4) is 0 Å². The van der Waals surface area contributed by atoms with Gasteiger partial charge in [0.2, 0.25) is 5.91 Å². The number of hydrogen-bond donors (Lipinski definition) is 1. The molecule has 100 valence electrons. The van der Waals surface area contributed by atoms with E-state index in [1.165, 1.54) is 0 Å². The van der Waals surface area contributed by atoms with Crippen LogP contribution < -0.4 is 0 Å². The quantitative estimate of drug-likeness (QED) is 0.890. The third kappa shape index (κ3) is 3.53. The molecule has 0 aromatic carbocycles. The van der Waals surface area contributed by atoms with Gasteiger partial charge in [0.1, 0.15) is 0 Å². The maximum Gasteiger partial charge on any atom is 0.303 e. The van der Waals surface area contributed by atoms with Crippen molar-refractivity contribution in [1.82, 2.24) is 9.88 Å². The molecule has 1 heterocycles. The second-order valence-electron chi connectivity index (χ2n) is 4.25. The largest absolute Gasteiger partial charge is 0.481 e. The topological polar surface area (TPSA) is 70.5 Å². The van der Waals surface area contributed by atoms with Gasteiger partial charge in [-0.1, -0.05) is 0 Å². The normalized spacial score (nSPS) is 12.2. The van der Waals surface area contributed by atoms with E-state index in [0.29, 0.717) is 0 Å². The fourth-order valence-electron chi connectivity index (χ4n) is 1.72. The van der Waals surface area contributed by atoms with Crippen LogP contribution in [0.5, 0.6) is 0 Å². The number of aliphatic carboxylic acids is 1. The van der Waals surface area contributed by atoms with E-state index in [4.69, 9.17) is 5.11 Å². The molecule has 0 saturated heterocycles. The zero-order valence-electron chi connectivity index (χ0n) is 11.1. The first-order valence-corrected chi connectivity index (χ1v) is 6.56. The number of rotatable bonds is 5. The van der Waals surface area contributed by atoms with Crippen molar-refractivity contribution in [1.29, 1.82) is 0 Å². The van der Waals surface area contributed by atoms with Crippen molar-refractivity contribution in [3.05, 3.63) is 15.6 Å². The Morgan fingerprint density at radius 1 is 1.39 bits per heavy atom. The van der Waals surface area contributed by atoms with Gasteiger partial charge in [0.15, 0.2) is 0 Å². The number of nitrogens with zero attached hydrogens (tertiary/aromatic N) is 2. The minimum absolute atomic E-state index is 0.0261. The molecule has 0 unspecified atom stereocenters. The van der Waals surface area contributed by atoms with Crippen molar-refractivity contribution in [2.24, 2.45) is 0 Å². The van der Waals surface area contributed by atoms with Gasteiger partial charge in [0, 0.05) is 18.3 Å². The van der Waals surface area contributed by atoms with Gasteiger partial charge >= 0.3 is 5.97 Å². The molecule has 1 aromatic rings. The summed E-state index contributed by atoms with van der Waals surface area (Å²) in [6, 6.07) is -0.128. The predicted molar refractivity (Wildman–Crippen MR) is 69.6 cm³/mol. The molecule has 6 heteroatoms. The molecule has 1 rings (SSSR count). The minimum Gasteiger partial charge on any atom is -0.481 e. The number of carboxylic acid groups (broad SMARTS) is 1. The Morgan fingerprint density at radius 3 is 2.44 bits per heavy atom. The van der Waals surface area contributed by atoms with Crippen molar-refractivity contribution >= 4 is 23.2 Å². The van der Waals surface area contributed by atoms with Crippen LogP contribution in [0.15, 0.2) is 0 Å². The lowest BCUT2D eigenvalue weighted by Gasteiger charge is -2.24. The first kappa shape index (κ1) is 14.6. The number of hydrogen-bond acceptors (Lipinski definition) is 4. The summed E-state index contributed by atoms with van der Waals surface area (Å²) in [4.78, 5) is 29.3. The van der Waals surface area contributed by atoms with Crippen molar-refractivity contribution in [2.75, 3.05) is 7.05 Å². The lowest BCUT2D eigenvalue weighted by molar-refractivity contribution is -0.141. The Balaban J connectivity index is 2.71. The number of thiazole rings is 1. The van der Waals surface area contributed by atoms with Crippen LogP contribution in [0, 0.1) is 13.8 Å². The third-order valence-electron chi connectivity index (χ3n) is 2.86. The molecule has 0 saturated carbocycles. The van der Waals surface area contributed by atoms with E-state index >= 15 is 0 Å². The number of aryl methyl sites for hydroxylation is 2. The fraction of sp³-hybridized carbons (Fsp3) is 0.583. The van der Waals surface area contributed by atoms with Crippen LogP contribution in [0.25, 0.3) is 0 Å². The molecule has 0 bridgehead atoms. The number of carboxylic acids is 1. The SMILES string of the molecule is Cc1nc([C@@H](C)N(C)C(=O)CCC(=O)O)c(C)s1. The summed E-state index contributed by atoms with van der Waals surface area (Å²) < 4.78 is 0. The molecular formula is C12H18N2O3S. The highest BCUT2D eigenvalue weighted by atomic mass is 32.1. The first-order valence-electron chi connectivity index (χ1n) is 5.74. The second-order valence-corrected chi connectivity index (χ2v) is 5.66. The fourth-order valence-corrected chi connectivity index (χ4v) is 2.63. The zero-order chi connectivity index (χ0) is 13.9. The Labute approximate surface area is 110 Å². The van der Waals surface area contributed by atoms with Crippen LogP contribution in [0.2, 0.25) is 0 Å². The van der Waals surface area contributed by atoms with Gasteiger partial charge in [0.05, 0.1) is 23.2 Å². The van der Waals surface area contributed by atoms with Gasteiger partial charge in [-0.05, 0) is 20.8 Å². The van der Waals surface area contributed by atoms with E-state index in [2.05, 4.69) is 4.98 Å². The second kappa shape index (κ2) is 5.95. The molecule has 1 aromatic heterocycles. The third-order valence-corrected chi connectivity index (χ3v) is 3.76. The first-order chi connectivity index (χ1) is 8.32. The summed E-state index contributed by atoms with van der Waals surface area (Å²) in [5.41, 5.74) is 0.892. The zero-order valence-corrected chi connectivity index (χ0v) is 11.9. The van der Waals surface area contributed by atoms with Crippen LogP contribution in [0.4, 0.5) is 0 Å². The summed E-state index contributed by atoms with van der Waals surface area (Å²) in [6.45, 7) is 5.81. The van der Waals surface area contributed by atoms with Crippen LogP contribution in [-0.2, 0) is 9.59 Å². The number of amides is 1. The van der Waals surface area contributed by atoms with Crippen LogP contribution in [0.3, 0.4) is 0 Å². The van der Waals surface area contributed by atoms with Crippen LogP contribution >= 0.6 is 11.3 Å². The lowest BCUT2D eigenvalue weighted by Crippen LogP contribution is -2.30. The standard InChI is InChI=1S/C12H18N2O3S/c1-7(12-8(2)18-9(3)13-12)14(4)10(15)5-6-11(16)17/h7H,5-6H2,1-4H3,(H,16,17)/t7-/m1/s1. The number of aromatic nitrogens is 1. The molecule has 0 aliphatic rings. The number of carbonyl (C=O) groups is 2. The number of carbonyl (C=O) groups excluding carboxylic acids is 1. The average Bonchev–Trinajstić information content (AvgIpc) is 2.63. The summed E-state index contributed by atoms with van der Waals surface area (Å²) in [5, 5.41) is 9.54. The molecule has 5 nitrogen and oxygen atoms in total. The van der Waals surface area contributed by atoms with Gasteiger partial charge in [-0.3, -0.25) is 9.59 Å². The van der Waals surface area contributed by atoms with E-state index in [0.717, 1.165) is 15.6 Å². The Hall–Kier alpha value is -1.43. The molecule has 0 aliphatic heterocycles. The van der Waals surface area contributed by atoms with Gasteiger partial charge in [-0.2, -0.15) is 0 Å². The minimum atomic E-state index is -0.954. The van der Waals surface area contributed by atoms with Gasteiger partial charge in [-0.25, -0.2) is 4.98 Å². The summed E-state index contributed by atoms with van der Waals surface area (Å²) in [6.07, 6.45) is -0.108. The van der Waals surface area contributed by atoms with Crippen molar-refractivity contribution in [3.63, 3.8) is 0 Å². The molecule has 18 heavy (non-hydrogen) atoms. The summed E-state index contributed by atoms with van der Waals surface area (Å²) in [5.74, 6) is -1.12. The summed E-state index contributed by atoms with van der Waals surface area (Å²) >= 11 is 1.60. The highest BCUT2D eigenvalue weighted by Crippen LogP contribution is 2.26. The Kier molecular flexibility index (Phi) is 4.84. The van der Waals surface area contributed by atoms with E-state index in [1.807, 2.05) is 20.8 Å². The van der Waals surface area contributed by atoms with Gasteiger partial charge in [-0.15, -0.1) is 11.3 Å². The van der Waals surface area contributed by atoms with E-state index in [-0.39, 0.29) is 24.8 Å². The molecule has 0 aliphatic carbocycles. The van der Waals surface area contributed by atoms with E-state index < -0.39 is 5.97 Å². The van der Waals surface area contributed by atoms with Crippen molar-refractivity contribution in [2.45, 2.75) is 39.7 Å².